The number of hydrogen-bond acceptors (Lipinski definition) is 5. The molecular formula is C27H29N9O2. The number of aliphatic imine (C=N–C) groups is 1. The summed E-state index contributed by atoms with van der Waals surface area (Å²) in [6.07, 6.45) is 4.22. The molecule has 194 valence electrons. The zero-order valence-corrected chi connectivity index (χ0v) is 20.6. The van der Waals surface area contributed by atoms with E-state index in [0.717, 1.165) is 17.5 Å². The molecular weight excluding hydrogens is 482 g/mol. The Labute approximate surface area is 220 Å². The Morgan fingerprint density at radius 1 is 0.921 bits per heavy atom. The lowest BCUT2D eigenvalue weighted by atomic mass is 9.99. The molecule has 0 atom stereocenters. The SMILES string of the molecule is N=C(N)N1CC=C(c2ccc(NC(=O)c3ccc(C(=O)Nc4ccc(CN=C(N)N)cc4)nc3)cc2)CC1. The number of carbonyl (C=O) groups is 2. The highest BCUT2D eigenvalue weighted by Crippen LogP contribution is 2.24. The average molecular weight is 512 g/mol. The molecule has 1 aromatic heterocycles. The molecule has 2 amide bonds. The van der Waals surface area contributed by atoms with E-state index in [2.05, 4.69) is 26.7 Å². The first-order valence-electron chi connectivity index (χ1n) is 11.9. The molecule has 0 spiro atoms. The minimum Gasteiger partial charge on any atom is -0.370 e. The summed E-state index contributed by atoms with van der Waals surface area (Å²) in [7, 11) is 0. The van der Waals surface area contributed by atoms with Crippen LogP contribution in [0.1, 0.15) is 38.4 Å². The van der Waals surface area contributed by atoms with Gasteiger partial charge in [-0.25, -0.2) is 4.99 Å². The fourth-order valence-corrected chi connectivity index (χ4v) is 3.85. The Kier molecular flexibility index (Phi) is 7.97. The van der Waals surface area contributed by atoms with Crippen LogP contribution in [0.2, 0.25) is 0 Å². The number of benzene rings is 2. The minimum atomic E-state index is -0.395. The van der Waals surface area contributed by atoms with Crippen molar-refractivity contribution in [1.82, 2.24) is 9.88 Å². The Morgan fingerprint density at radius 3 is 2.13 bits per heavy atom. The maximum Gasteiger partial charge on any atom is 0.274 e. The number of aromatic nitrogens is 1. The molecule has 1 aliphatic heterocycles. The number of nitrogens with one attached hydrogen (secondary N) is 3. The summed E-state index contributed by atoms with van der Waals surface area (Å²) in [4.78, 5) is 35.1. The summed E-state index contributed by atoms with van der Waals surface area (Å²) < 4.78 is 0. The summed E-state index contributed by atoms with van der Waals surface area (Å²) in [5, 5.41) is 13.1. The molecule has 9 N–H and O–H groups in total. The van der Waals surface area contributed by atoms with Crippen molar-refractivity contribution in [1.29, 1.82) is 5.41 Å². The van der Waals surface area contributed by atoms with E-state index < -0.39 is 5.91 Å². The van der Waals surface area contributed by atoms with Gasteiger partial charge in [0, 0.05) is 30.7 Å². The third-order valence-electron chi connectivity index (χ3n) is 5.98. The van der Waals surface area contributed by atoms with Crippen LogP contribution < -0.4 is 27.8 Å². The van der Waals surface area contributed by atoms with Gasteiger partial charge >= 0.3 is 0 Å². The van der Waals surface area contributed by atoms with Gasteiger partial charge in [-0.05, 0) is 59.5 Å². The van der Waals surface area contributed by atoms with Crippen molar-refractivity contribution in [2.45, 2.75) is 13.0 Å². The first kappa shape index (κ1) is 25.9. The van der Waals surface area contributed by atoms with Gasteiger partial charge in [0.2, 0.25) is 0 Å². The molecule has 0 saturated carbocycles. The van der Waals surface area contributed by atoms with Crippen molar-refractivity contribution in [3.8, 4) is 0 Å². The summed E-state index contributed by atoms with van der Waals surface area (Å²) >= 11 is 0. The van der Waals surface area contributed by atoms with Crippen LogP contribution in [0.4, 0.5) is 11.4 Å². The minimum absolute atomic E-state index is 0.0141. The number of anilines is 2. The Hall–Kier alpha value is -5.19. The van der Waals surface area contributed by atoms with E-state index >= 15 is 0 Å². The van der Waals surface area contributed by atoms with E-state index in [9.17, 15) is 9.59 Å². The zero-order chi connectivity index (χ0) is 27.1. The number of guanidine groups is 2. The van der Waals surface area contributed by atoms with Crippen molar-refractivity contribution in [3.63, 3.8) is 0 Å². The lowest BCUT2D eigenvalue weighted by Crippen LogP contribution is -2.39. The monoisotopic (exact) mass is 511 g/mol. The molecule has 0 saturated heterocycles. The smallest absolute Gasteiger partial charge is 0.274 e. The molecule has 11 heteroatoms. The van der Waals surface area contributed by atoms with E-state index in [-0.39, 0.29) is 23.5 Å². The highest BCUT2D eigenvalue weighted by Gasteiger charge is 2.14. The number of carbonyl (C=O) groups excluding carboxylic acids is 2. The van der Waals surface area contributed by atoms with Crippen LogP contribution in [0.15, 0.2) is 77.9 Å². The standard InChI is InChI=1S/C27H29N9O2/c28-26(29)33-15-17-1-6-21(7-2-17)35-25(38)23-10-5-20(16-32-23)24(37)34-22-8-3-18(4-9-22)19-11-13-36(14-12-19)27(30)31/h1-11,16H,12-15H2,(H3,30,31)(H,34,37)(H,35,38)(H4,28,29,33). The molecule has 0 aliphatic carbocycles. The second-order valence-electron chi connectivity index (χ2n) is 8.67. The molecule has 0 bridgehead atoms. The number of hydrogen-bond donors (Lipinski definition) is 6. The van der Waals surface area contributed by atoms with E-state index in [1.165, 1.54) is 17.8 Å². The average Bonchev–Trinajstić information content (AvgIpc) is 2.93. The van der Waals surface area contributed by atoms with Crippen molar-refractivity contribution in [2.24, 2.45) is 22.2 Å². The summed E-state index contributed by atoms with van der Waals surface area (Å²) in [5.41, 5.74) is 21.1. The normalized spacial score (nSPS) is 12.7. The van der Waals surface area contributed by atoms with Crippen LogP contribution in [0, 0.1) is 5.41 Å². The number of pyridine rings is 1. The van der Waals surface area contributed by atoms with Gasteiger partial charge < -0.3 is 32.7 Å². The van der Waals surface area contributed by atoms with Crippen LogP contribution >= 0.6 is 0 Å². The Morgan fingerprint density at radius 2 is 1.58 bits per heavy atom. The van der Waals surface area contributed by atoms with Gasteiger partial charge in [0.15, 0.2) is 11.9 Å². The quantitative estimate of drug-likeness (QED) is 0.207. The summed E-state index contributed by atoms with van der Waals surface area (Å²) in [6.45, 7) is 1.66. The topological polar surface area (TPSA) is 189 Å². The number of nitrogens with two attached hydrogens (primary N) is 3. The van der Waals surface area contributed by atoms with Gasteiger partial charge in [-0.1, -0.05) is 30.3 Å². The third kappa shape index (κ3) is 6.72. The highest BCUT2D eigenvalue weighted by molar-refractivity contribution is 6.06. The molecule has 0 fully saturated rings. The molecule has 11 nitrogen and oxygen atoms in total. The number of rotatable bonds is 7. The van der Waals surface area contributed by atoms with Gasteiger partial charge in [0.05, 0.1) is 12.1 Å². The van der Waals surface area contributed by atoms with Crippen molar-refractivity contribution >= 4 is 40.7 Å². The molecule has 0 radical (unpaired) electrons. The first-order chi connectivity index (χ1) is 18.3. The van der Waals surface area contributed by atoms with Crippen molar-refractivity contribution in [3.05, 3.63) is 95.3 Å². The van der Waals surface area contributed by atoms with Crippen LogP contribution in [-0.2, 0) is 6.54 Å². The van der Waals surface area contributed by atoms with Gasteiger partial charge in [-0.3, -0.25) is 20.0 Å². The fraction of sp³-hybridized carbons (Fsp3) is 0.148. The van der Waals surface area contributed by atoms with Crippen molar-refractivity contribution in [2.75, 3.05) is 23.7 Å². The van der Waals surface area contributed by atoms with E-state index in [0.29, 0.717) is 36.6 Å². The predicted octanol–water partition coefficient (Wildman–Crippen LogP) is 2.34. The second kappa shape index (κ2) is 11.7. The third-order valence-corrected chi connectivity index (χ3v) is 5.98. The number of nitrogens with zero attached hydrogens (tertiary/aromatic N) is 3. The zero-order valence-electron chi connectivity index (χ0n) is 20.6. The van der Waals surface area contributed by atoms with Gasteiger partial charge in [-0.15, -0.1) is 0 Å². The predicted molar refractivity (Wildman–Crippen MR) is 149 cm³/mol. The lowest BCUT2D eigenvalue weighted by Gasteiger charge is -2.26. The maximum atomic E-state index is 12.7. The second-order valence-corrected chi connectivity index (χ2v) is 8.67. The molecule has 38 heavy (non-hydrogen) atoms. The van der Waals surface area contributed by atoms with E-state index in [1.54, 1.807) is 23.1 Å². The molecule has 3 aromatic rings. The fourth-order valence-electron chi connectivity index (χ4n) is 3.85. The molecule has 1 aliphatic rings. The van der Waals surface area contributed by atoms with Gasteiger partial charge in [0.1, 0.15) is 5.69 Å². The van der Waals surface area contributed by atoms with E-state index in [1.807, 2.05) is 36.4 Å². The van der Waals surface area contributed by atoms with Crippen LogP contribution in [-0.4, -0.2) is 46.7 Å². The molecule has 4 rings (SSSR count). The molecule has 2 heterocycles. The largest absolute Gasteiger partial charge is 0.370 e. The Balaban J connectivity index is 1.31. The van der Waals surface area contributed by atoms with Gasteiger partial charge in [-0.2, -0.15) is 0 Å². The van der Waals surface area contributed by atoms with Crippen LogP contribution in [0.25, 0.3) is 5.57 Å². The lowest BCUT2D eigenvalue weighted by molar-refractivity contribution is 0.101. The van der Waals surface area contributed by atoms with Crippen LogP contribution in [0.5, 0.6) is 0 Å². The first-order valence-corrected chi connectivity index (χ1v) is 11.9. The number of amides is 2. The van der Waals surface area contributed by atoms with E-state index in [4.69, 9.17) is 22.6 Å². The maximum absolute atomic E-state index is 12.7. The van der Waals surface area contributed by atoms with Crippen LogP contribution in [0.3, 0.4) is 0 Å². The highest BCUT2D eigenvalue weighted by atomic mass is 16.2. The molecule has 0 unspecified atom stereocenters. The Bertz CT molecular complexity index is 1380. The van der Waals surface area contributed by atoms with Crippen molar-refractivity contribution < 1.29 is 9.59 Å². The van der Waals surface area contributed by atoms with Gasteiger partial charge in [0.25, 0.3) is 11.8 Å². The summed E-state index contributed by atoms with van der Waals surface area (Å²) in [5.74, 6) is -0.635. The molecule has 2 aromatic carbocycles. The summed E-state index contributed by atoms with van der Waals surface area (Å²) in [6, 6.07) is 17.7.